The number of amides is 2. The number of aromatic nitrogens is 6. The van der Waals surface area contributed by atoms with Crippen molar-refractivity contribution in [2.24, 2.45) is 0 Å². The topological polar surface area (TPSA) is 102 Å². The van der Waals surface area contributed by atoms with Crippen molar-refractivity contribution in [1.82, 2.24) is 39.8 Å². The van der Waals surface area contributed by atoms with Gasteiger partial charge in [-0.25, -0.2) is 9.36 Å². The van der Waals surface area contributed by atoms with Crippen molar-refractivity contribution < 1.29 is 9.59 Å². The van der Waals surface area contributed by atoms with Crippen LogP contribution in [0.25, 0.3) is 11.4 Å². The van der Waals surface area contributed by atoms with Gasteiger partial charge in [0.15, 0.2) is 11.4 Å². The van der Waals surface area contributed by atoms with E-state index in [1.54, 1.807) is 23.5 Å². The second-order valence-electron chi connectivity index (χ2n) is 9.00. The Morgan fingerprint density at radius 3 is 1.44 bits per heavy atom. The first kappa shape index (κ1) is 24.8. The highest BCUT2D eigenvalue weighted by Crippen LogP contribution is 2.16. The maximum atomic E-state index is 13.1. The summed E-state index contributed by atoms with van der Waals surface area (Å²) in [7, 11) is 3.37. The molecule has 2 heterocycles. The summed E-state index contributed by atoms with van der Waals surface area (Å²) in [6.07, 6.45) is 0. The van der Waals surface area contributed by atoms with Gasteiger partial charge in [-0.15, -0.1) is 10.2 Å². The number of rotatable bonds is 7. The van der Waals surface area contributed by atoms with Crippen LogP contribution in [0.5, 0.6) is 0 Å². The predicted octanol–water partition coefficient (Wildman–Crippen LogP) is 2.93. The molecule has 0 spiro atoms. The van der Waals surface area contributed by atoms with Crippen LogP contribution in [0.3, 0.4) is 0 Å². The highest BCUT2D eigenvalue weighted by atomic mass is 16.2. The molecule has 4 aromatic rings. The third kappa shape index (κ3) is 4.88. The van der Waals surface area contributed by atoms with Crippen LogP contribution in [0, 0.1) is 27.7 Å². The number of aryl methyl sites for hydroxylation is 2. The molecule has 0 atom stereocenters. The lowest BCUT2D eigenvalue weighted by atomic mass is 10.2. The Kier molecular flexibility index (Phi) is 6.96. The Hall–Kier alpha value is -4.34. The van der Waals surface area contributed by atoms with Crippen LogP contribution in [-0.4, -0.2) is 78.8 Å². The molecule has 10 nitrogen and oxygen atoms in total. The number of carbonyl (C=O) groups is 2. The van der Waals surface area contributed by atoms with Crippen molar-refractivity contribution in [3.63, 3.8) is 0 Å². The molecule has 0 saturated heterocycles. The van der Waals surface area contributed by atoms with E-state index < -0.39 is 0 Å². The van der Waals surface area contributed by atoms with Gasteiger partial charge >= 0.3 is 0 Å². The minimum Gasteiger partial charge on any atom is -0.338 e. The summed E-state index contributed by atoms with van der Waals surface area (Å²) < 4.78 is 3.31. The Bertz CT molecular complexity index is 1310. The molecule has 0 radical (unpaired) electrons. The number of carbonyl (C=O) groups excluding carboxylic acids is 2. The molecule has 2 amide bonds. The molecule has 0 aliphatic rings. The molecule has 0 N–H and O–H groups in total. The summed E-state index contributed by atoms with van der Waals surface area (Å²) in [6, 6.07) is 15.7. The van der Waals surface area contributed by atoms with Gasteiger partial charge in [-0.1, -0.05) is 34.7 Å². The largest absolute Gasteiger partial charge is 0.338 e. The second-order valence-corrected chi connectivity index (χ2v) is 9.00. The lowest BCUT2D eigenvalue weighted by molar-refractivity contribution is 0.0712. The fourth-order valence-corrected chi connectivity index (χ4v) is 3.93. The molecule has 2 aromatic carbocycles. The van der Waals surface area contributed by atoms with E-state index in [-0.39, 0.29) is 23.2 Å². The third-order valence-electron chi connectivity index (χ3n) is 6.15. The van der Waals surface area contributed by atoms with Crippen LogP contribution in [0.15, 0.2) is 48.5 Å². The van der Waals surface area contributed by atoms with Gasteiger partial charge in [0.25, 0.3) is 11.8 Å². The Morgan fingerprint density at radius 2 is 1.08 bits per heavy atom. The van der Waals surface area contributed by atoms with E-state index in [1.807, 2.05) is 76.2 Å². The van der Waals surface area contributed by atoms with Gasteiger partial charge in [-0.3, -0.25) is 9.59 Å². The molecule has 0 saturated carbocycles. The van der Waals surface area contributed by atoms with E-state index in [2.05, 4.69) is 20.6 Å². The summed E-state index contributed by atoms with van der Waals surface area (Å²) >= 11 is 0. The van der Waals surface area contributed by atoms with E-state index in [0.717, 1.165) is 22.5 Å². The molecule has 0 fully saturated rings. The van der Waals surface area contributed by atoms with Gasteiger partial charge < -0.3 is 9.80 Å². The predicted molar refractivity (Wildman–Crippen MR) is 136 cm³/mol. The summed E-state index contributed by atoms with van der Waals surface area (Å²) in [5.41, 5.74) is 5.76. The first-order chi connectivity index (χ1) is 17.2. The van der Waals surface area contributed by atoms with Crippen molar-refractivity contribution in [2.45, 2.75) is 27.7 Å². The number of nitrogens with zero attached hydrogens (tertiary/aromatic N) is 8. The molecular weight excluding hydrogens is 456 g/mol. The molecule has 4 rings (SSSR count). The van der Waals surface area contributed by atoms with Crippen LogP contribution in [0.4, 0.5) is 0 Å². The minimum absolute atomic E-state index is 0.256. The van der Waals surface area contributed by atoms with E-state index in [0.29, 0.717) is 24.5 Å². The smallest absolute Gasteiger partial charge is 0.276 e. The van der Waals surface area contributed by atoms with Crippen molar-refractivity contribution in [1.29, 1.82) is 0 Å². The standard InChI is InChI=1S/C26H30N8O2/c1-17-9-7-11-21(15-17)33-19(3)23(27-29-33)25(35)31(5)13-14-32(6)26(36)24-20(4)34(30-28-24)22-12-8-10-18(2)16-22/h7-12,15-16H,13-14H2,1-6H3. The van der Waals surface area contributed by atoms with Gasteiger partial charge in [0, 0.05) is 27.2 Å². The number of hydrogen-bond donors (Lipinski definition) is 0. The number of hydrogen-bond acceptors (Lipinski definition) is 6. The number of likely N-dealkylation sites (N-methyl/N-ethyl adjacent to an activating group) is 2. The SMILES string of the molecule is Cc1cccc(-n2nnc(C(=O)N(C)CCN(C)C(=O)c3nnn(-c4cccc(C)c4)c3C)c2C)c1. The lowest BCUT2D eigenvalue weighted by Crippen LogP contribution is -2.38. The normalized spacial score (nSPS) is 10.9. The van der Waals surface area contributed by atoms with Crippen molar-refractivity contribution in [3.8, 4) is 11.4 Å². The average molecular weight is 487 g/mol. The molecule has 10 heteroatoms. The van der Waals surface area contributed by atoms with Crippen LogP contribution in [0.1, 0.15) is 43.5 Å². The Labute approximate surface area is 210 Å². The lowest BCUT2D eigenvalue weighted by Gasteiger charge is -2.21. The summed E-state index contributed by atoms with van der Waals surface area (Å²) in [4.78, 5) is 29.2. The van der Waals surface area contributed by atoms with Crippen LogP contribution < -0.4 is 0 Å². The maximum Gasteiger partial charge on any atom is 0.276 e. The minimum atomic E-state index is -0.256. The zero-order valence-electron chi connectivity index (χ0n) is 21.4. The summed E-state index contributed by atoms with van der Waals surface area (Å²) in [6.45, 7) is 8.28. The molecule has 0 bridgehead atoms. The Morgan fingerprint density at radius 1 is 0.694 bits per heavy atom. The van der Waals surface area contributed by atoms with Crippen molar-refractivity contribution in [3.05, 3.63) is 82.4 Å². The van der Waals surface area contributed by atoms with Crippen LogP contribution in [0.2, 0.25) is 0 Å². The quantitative estimate of drug-likeness (QED) is 0.398. The Balaban J connectivity index is 1.41. The maximum absolute atomic E-state index is 13.1. The van der Waals surface area contributed by atoms with Crippen LogP contribution >= 0.6 is 0 Å². The summed E-state index contributed by atoms with van der Waals surface area (Å²) in [5.74, 6) is -0.511. The average Bonchev–Trinajstić information content (AvgIpc) is 3.43. The van der Waals surface area contributed by atoms with Gasteiger partial charge in [0.1, 0.15) is 0 Å². The fourth-order valence-electron chi connectivity index (χ4n) is 3.93. The molecule has 36 heavy (non-hydrogen) atoms. The highest BCUT2D eigenvalue weighted by molar-refractivity contribution is 5.94. The molecule has 0 unspecified atom stereocenters. The van der Waals surface area contributed by atoms with Gasteiger partial charge in [-0.05, 0) is 63.1 Å². The van der Waals surface area contributed by atoms with E-state index in [4.69, 9.17) is 0 Å². The molecule has 0 aliphatic carbocycles. The van der Waals surface area contributed by atoms with E-state index in [9.17, 15) is 9.59 Å². The van der Waals surface area contributed by atoms with Gasteiger partial charge in [0.2, 0.25) is 0 Å². The zero-order chi connectivity index (χ0) is 26.0. The van der Waals surface area contributed by atoms with E-state index >= 15 is 0 Å². The first-order valence-electron chi connectivity index (χ1n) is 11.7. The van der Waals surface area contributed by atoms with Gasteiger partial charge in [-0.2, -0.15) is 0 Å². The molecule has 186 valence electrons. The zero-order valence-corrected chi connectivity index (χ0v) is 21.4. The first-order valence-corrected chi connectivity index (χ1v) is 11.7. The summed E-state index contributed by atoms with van der Waals surface area (Å²) in [5, 5.41) is 16.6. The fraction of sp³-hybridized carbons (Fsp3) is 0.308. The molecule has 0 aliphatic heterocycles. The monoisotopic (exact) mass is 486 g/mol. The van der Waals surface area contributed by atoms with E-state index in [1.165, 1.54) is 9.80 Å². The molecule has 2 aromatic heterocycles. The van der Waals surface area contributed by atoms with Crippen LogP contribution in [-0.2, 0) is 0 Å². The van der Waals surface area contributed by atoms with Gasteiger partial charge in [0.05, 0.1) is 22.8 Å². The third-order valence-corrected chi connectivity index (χ3v) is 6.15. The second kappa shape index (κ2) is 10.1. The highest BCUT2D eigenvalue weighted by Gasteiger charge is 2.24. The molecular formula is C26H30N8O2. The number of benzene rings is 2. The van der Waals surface area contributed by atoms with Crippen molar-refractivity contribution >= 4 is 11.8 Å². The van der Waals surface area contributed by atoms with Crippen molar-refractivity contribution in [2.75, 3.05) is 27.2 Å².